The van der Waals surface area contributed by atoms with Gasteiger partial charge in [-0.1, -0.05) is 42.5 Å². The predicted octanol–water partition coefficient (Wildman–Crippen LogP) is 5.67. The molecule has 1 aliphatic rings. The van der Waals surface area contributed by atoms with Crippen LogP contribution in [0.1, 0.15) is 28.5 Å². The Labute approximate surface area is 195 Å². The molecule has 172 valence electrons. The van der Waals surface area contributed by atoms with E-state index in [0.717, 1.165) is 11.3 Å². The summed E-state index contributed by atoms with van der Waals surface area (Å²) in [5.41, 5.74) is 2.49. The van der Waals surface area contributed by atoms with Crippen molar-refractivity contribution in [1.29, 1.82) is 0 Å². The minimum atomic E-state index is -0.591. The molecule has 0 fully saturated rings. The molecule has 2 N–H and O–H groups in total. The Balaban J connectivity index is 0.000000172. The molecule has 0 bridgehead atoms. The molecular weight excluding hydrogens is 438 g/mol. The number of carbonyl (C=O) groups is 1. The van der Waals surface area contributed by atoms with E-state index in [-0.39, 0.29) is 23.5 Å². The molecule has 5 nitrogen and oxygen atoms in total. The lowest BCUT2D eigenvalue weighted by molar-refractivity contribution is 0.0923. The first-order valence-corrected chi connectivity index (χ1v) is 10.7. The van der Waals surface area contributed by atoms with Gasteiger partial charge in [0.05, 0.1) is 12.6 Å². The molecule has 1 amide bonds. The summed E-state index contributed by atoms with van der Waals surface area (Å²) < 4.78 is 31.4. The summed E-state index contributed by atoms with van der Waals surface area (Å²) in [6, 6.07) is 22.6. The van der Waals surface area contributed by atoms with E-state index in [1.165, 1.54) is 30.3 Å². The summed E-state index contributed by atoms with van der Waals surface area (Å²) in [6.45, 7) is 0.535. The van der Waals surface area contributed by atoms with Crippen LogP contribution in [0.3, 0.4) is 0 Å². The second kappa shape index (κ2) is 10.6. The van der Waals surface area contributed by atoms with Gasteiger partial charge in [0, 0.05) is 23.7 Å². The Kier molecular flexibility index (Phi) is 7.13. The number of ether oxygens (including phenoxy) is 1. The minimum absolute atomic E-state index is 0.183. The van der Waals surface area contributed by atoms with E-state index in [1.54, 1.807) is 24.4 Å². The zero-order valence-corrected chi connectivity index (χ0v) is 18.1. The summed E-state index contributed by atoms with van der Waals surface area (Å²) in [5, 5.41) is 12.4. The molecule has 1 unspecified atom stereocenters. The summed E-state index contributed by atoms with van der Waals surface area (Å²) >= 11 is 0. The fourth-order valence-corrected chi connectivity index (χ4v) is 3.56. The van der Waals surface area contributed by atoms with Crippen molar-refractivity contribution in [3.05, 3.63) is 114 Å². The molecule has 34 heavy (non-hydrogen) atoms. The highest BCUT2D eigenvalue weighted by Crippen LogP contribution is 2.31. The number of para-hydroxylation sites is 1. The molecule has 4 aromatic rings. The van der Waals surface area contributed by atoms with Gasteiger partial charge in [0.2, 0.25) is 0 Å². The Morgan fingerprint density at radius 3 is 2.47 bits per heavy atom. The van der Waals surface area contributed by atoms with E-state index in [1.807, 2.05) is 36.4 Å². The maximum atomic E-state index is 13.0. The molecule has 0 saturated heterocycles. The summed E-state index contributed by atoms with van der Waals surface area (Å²) in [6.07, 6.45) is 2.33. The highest BCUT2D eigenvalue weighted by atomic mass is 19.1. The first kappa shape index (κ1) is 22.9. The third-order valence-electron chi connectivity index (χ3n) is 5.28. The van der Waals surface area contributed by atoms with Crippen molar-refractivity contribution in [2.75, 3.05) is 6.61 Å². The molecule has 1 atom stereocenters. The monoisotopic (exact) mass is 460 g/mol. The van der Waals surface area contributed by atoms with Crippen LogP contribution in [-0.2, 0) is 0 Å². The van der Waals surface area contributed by atoms with Crippen LogP contribution in [0.2, 0.25) is 0 Å². The van der Waals surface area contributed by atoms with Crippen molar-refractivity contribution in [2.24, 2.45) is 0 Å². The summed E-state index contributed by atoms with van der Waals surface area (Å²) in [7, 11) is 0. The highest BCUT2D eigenvalue weighted by Gasteiger charge is 2.24. The fraction of sp³-hybridized carbons (Fsp3) is 0.111. The van der Waals surface area contributed by atoms with Crippen LogP contribution in [0.25, 0.3) is 11.1 Å². The topological polar surface area (TPSA) is 71.5 Å². The molecule has 0 spiro atoms. The van der Waals surface area contributed by atoms with Gasteiger partial charge in [0.15, 0.2) is 11.6 Å². The van der Waals surface area contributed by atoms with Gasteiger partial charge in [-0.15, -0.1) is 0 Å². The van der Waals surface area contributed by atoms with Gasteiger partial charge < -0.3 is 15.2 Å². The summed E-state index contributed by atoms with van der Waals surface area (Å²) in [4.78, 5) is 16.4. The Hall–Kier alpha value is -4.26. The number of carbonyl (C=O) groups excluding carboxylic acids is 1. The van der Waals surface area contributed by atoms with E-state index in [2.05, 4.69) is 10.3 Å². The standard InChI is InChI=1S/C15H13FN2O2.C12H9FO/c16-11-5-3-10(4-6-11)15(19)18-12-7-9-20-13-2-1-8-17-14(12)13;13-11-8-4-7-10(12(11)14)9-5-2-1-3-6-9/h1-6,8,12H,7,9H2,(H,18,19);1-8,14H. The first-order valence-electron chi connectivity index (χ1n) is 10.7. The van der Waals surface area contributed by atoms with Gasteiger partial charge >= 0.3 is 0 Å². The summed E-state index contributed by atoms with van der Waals surface area (Å²) in [5.74, 6) is -0.790. The second-order valence-corrected chi connectivity index (χ2v) is 7.56. The second-order valence-electron chi connectivity index (χ2n) is 7.56. The maximum absolute atomic E-state index is 13.0. The number of hydrogen-bond donors (Lipinski definition) is 2. The first-order chi connectivity index (χ1) is 16.5. The number of nitrogens with one attached hydrogen (secondary N) is 1. The zero-order valence-electron chi connectivity index (χ0n) is 18.1. The number of phenols is 1. The molecule has 7 heteroatoms. The van der Waals surface area contributed by atoms with Gasteiger partial charge in [0.25, 0.3) is 5.91 Å². The number of hydrogen-bond acceptors (Lipinski definition) is 4. The van der Waals surface area contributed by atoms with Crippen LogP contribution in [0.5, 0.6) is 11.5 Å². The smallest absolute Gasteiger partial charge is 0.251 e. The molecule has 3 aromatic carbocycles. The number of nitrogens with zero attached hydrogens (tertiary/aromatic N) is 1. The molecule has 5 rings (SSSR count). The Morgan fingerprint density at radius 2 is 1.71 bits per heavy atom. The van der Waals surface area contributed by atoms with Crippen molar-refractivity contribution in [2.45, 2.75) is 12.5 Å². The van der Waals surface area contributed by atoms with Crippen LogP contribution < -0.4 is 10.1 Å². The van der Waals surface area contributed by atoms with Gasteiger partial charge in [0.1, 0.15) is 17.3 Å². The number of pyridine rings is 1. The average Bonchev–Trinajstić information content (AvgIpc) is 2.87. The molecule has 2 heterocycles. The van der Waals surface area contributed by atoms with Crippen LogP contribution in [0.4, 0.5) is 8.78 Å². The highest BCUT2D eigenvalue weighted by molar-refractivity contribution is 5.94. The van der Waals surface area contributed by atoms with E-state index in [0.29, 0.717) is 29.9 Å². The van der Waals surface area contributed by atoms with E-state index < -0.39 is 5.82 Å². The largest absolute Gasteiger partial charge is 0.504 e. The fourth-order valence-electron chi connectivity index (χ4n) is 3.56. The lowest BCUT2D eigenvalue weighted by atomic mass is 10.0. The van der Waals surface area contributed by atoms with Crippen LogP contribution in [0.15, 0.2) is 91.1 Å². The van der Waals surface area contributed by atoms with Gasteiger partial charge in [-0.3, -0.25) is 9.78 Å². The number of phenolic OH excluding ortho intramolecular Hbond substituents is 1. The normalized spacial score (nSPS) is 14.1. The molecular formula is C27H22F2N2O3. The lowest BCUT2D eigenvalue weighted by Crippen LogP contribution is -2.32. The molecule has 1 aromatic heterocycles. The maximum Gasteiger partial charge on any atom is 0.251 e. The van der Waals surface area contributed by atoms with Crippen molar-refractivity contribution < 1.29 is 23.4 Å². The van der Waals surface area contributed by atoms with E-state index in [4.69, 9.17) is 4.74 Å². The van der Waals surface area contributed by atoms with Gasteiger partial charge in [-0.25, -0.2) is 8.78 Å². The SMILES string of the molecule is O=C(NC1CCOc2cccnc21)c1ccc(F)cc1.Oc1c(F)cccc1-c1ccccc1. The number of aromatic nitrogens is 1. The van der Waals surface area contributed by atoms with Crippen LogP contribution >= 0.6 is 0 Å². The van der Waals surface area contributed by atoms with Crippen molar-refractivity contribution in [1.82, 2.24) is 10.3 Å². The number of fused-ring (bicyclic) bond motifs is 1. The lowest BCUT2D eigenvalue weighted by Gasteiger charge is -2.25. The molecule has 1 aliphatic heterocycles. The zero-order chi connectivity index (χ0) is 23.9. The third-order valence-corrected chi connectivity index (χ3v) is 5.28. The van der Waals surface area contributed by atoms with E-state index >= 15 is 0 Å². The van der Waals surface area contributed by atoms with Gasteiger partial charge in [-0.05, 0) is 48.0 Å². The minimum Gasteiger partial charge on any atom is -0.504 e. The predicted molar refractivity (Wildman–Crippen MR) is 124 cm³/mol. The number of amides is 1. The molecule has 0 saturated carbocycles. The Bertz CT molecular complexity index is 1260. The molecule has 0 aliphatic carbocycles. The van der Waals surface area contributed by atoms with Crippen molar-refractivity contribution in [3.8, 4) is 22.6 Å². The number of benzene rings is 3. The van der Waals surface area contributed by atoms with Crippen LogP contribution in [-0.4, -0.2) is 22.6 Å². The Morgan fingerprint density at radius 1 is 0.941 bits per heavy atom. The van der Waals surface area contributed by atoms with Crippen molar-refractivity contribution >= 4 is 5.91 Å². The van der Waals surface area contributed by atoms with Gasteiger partial charge in [-0.2, -0.15) is 0 Å². The quantitative estimate of drug-likeness (QED) is 0.413. The van der Waals surface area contributed by atoms with E-state index in [9.17, 15) is 18.7 Å². The number of aromatic hydroxyl groups is 1. The van der Waals surface area contributed by atoms with Crippen LogP contribution in [0, 0.1) is 11.6 Å². The molecule has 0 radical (unpaired) electrons. The van der Waals surface area contributed by atoms with Crippen molar-refractivity contribution in [3.63, 3.8) is 0 Å². The average molecular weight is 460 g/mol. The number of rotatable bonds is 3. The number of halogens is 2. The third kappa shape index (κ3) is 5.38.